The second-order valence-corrected chi connectivity index (χ2v) is 11.2. The van der Waals surface area contributed by atoms with Gasteiger partial charge in [0, 0.05) is 23.6 Å². The second-order valence-electron chi connectivity index (χ2n) is 9.61. The summed E-state index contributed by atoms with van der Waals surface area (Å²) in [6.07, 6.45) is 0. The van der Waals surface area contributed by atoms with E-state index in [0.29, 0.717) is 11.4 Å². The number of hydrogen-bond donors (Lipinski definition) is 0. The van der Waals surface area contributed by atoms with E-state index in [1.54, 1.807) is 18.2 Å². The van der Waals surface area contributed by atoms with Gasteiger partial charge < -0.3 is 4.18 Å². The summed E-state index contributed by atoms with van der Waals surface area (Å²) in [4.78, 5) is 10.5. The number of benzene rings is 2. The van der Waals surface area contributed by atoms with Crippen molar-refractivity contribution in [1.29, 1.82) is 0 Å². The summed E-state index contributed by atoms with van der Waals surface area (Å²) in [5, 5.41) is 15.5. The van der Waals surface area contributed by atoms with Crippen LogP contribution in [0.15, 0.2) is 59.5 Å². The molecular weight excluding hydrogens is 430 g/mol. The van der Waals surface area contributed by atoms with Crippen LogP contribution in [0.2, 0.25) is 0 Å². The molecule has 3 aromatic rings. The molecule has 32 heavy (non-hydrogen) atoms. The first-order valence-corrected chi connectivity index (χ1v) is 11.5. The molecule has 0 unspecified atom stereocenters. The molecule has 9 heteroatoms. The molecule has 0 N–H and O–H groups in total. The quantitative estimate of drug-likeness (QED) is 0.298. The van der Waals surface area contributed by atoms with Crippen molar-refractivity contribution < 1.29 is 17.5 Å². The lowest BCUT2D eigenvalue weighted by molar-refractivity contribution is -0.384. The maximum absolute atomic E-state index is 13.0. The second kappa shape index (κ2) is 8.05. The van der Waals surface area contributed by atoms with E-state index in [1.807, 2.05) is 41.5 Å². The van der Waals surface area contributed by atoms with Gasteiger partial charge in [0.2, 0.25) is 5.88 Å². The Kier molecular flexibility index (Phi) is 5.90. The van der Waals surface area contributed by atoms with Gasteiger partial charge in [-0.05, 0) is 35.2 Å². The first kappa shape index (κ1) is 23.5. The van der Waals surface area contributed by atoms with Crippen LogP contribution in [-0.2, 0) is 20.9 Å². The van der Waals surface area contributed by atoms with Crippen LogP contribution in [0, 0.1) is 10.1 Å². The van der Waals surface area contributed by atoms with Gasteiger partial charge in [-0.25, -0.2) is 0 Å². The number of non-ortho nitro benzene ring substituents is 1. The zero-order chi connectivity index (χ0) is 23.9. The predicted molar refractivity (Wildman–Crippen MR) is 122 cm³/mol. The Morgan fingerprint density at radius 1 is 0.906 bits per heavy atom. The van der Waals surface area contributed by atoms with Crippen LogP contribution in [0.25, 0.3) is 5.69 Å². The fraction of sp³-hybridized carbons (Fsp3) is 0.348. The van der Waals surface area contributed by atoms with Gasteiger partial charge in [-0.15, -0.1) is 0 Å². The van der Waals surface area contributed by atoms with Crippen LogP contribution in [0.3, 0.4) is 0 Å². The van der Waals surface area contributed by atoms with Crippen LogP contribution in [-0.4, -0.2) is 23.1 Å². The average Bonchev–Trinajstić information content (AvgIpc) is 3.11. The zero-order valence-electron chi connectivity index (χ0n) is 19.0. The number of rotatable bonds is 5. The SMILES string of the molecule is CC(C)(C)c1ccc(S(=O)(=O)Oc2cc(C(C)(C)C)nn2-c2ccc([N+](=O)[O-])cc2)cc1. The average molecular weight is 458 g/mol. The lowest BCUT2D eigenvalue weighted by atomic mass is 9.87. The summed E-state index contributed by atoms with van der Waals surface area (Å²) in [6.45, 7) is 12.0. The Morgan fingerprint density at radius 3 is 1.94 bits per heavy atom. The van der Waals surface area contributed by atoms with Gasteiger partial charge >= 0.3 is 10.1 Å². The number of nitro groups is 1. The van der Waals surface area contributed by atoms with E-state index < -0.39 is 15.0 Å². The van der Waals surface area contributed by atoms with E-state index in [0.717, 1.165) is 5.56 Å². The lowest BCUT2D eigenvalue weighted by Crippen LogP contribution is -2.14. The molecule has 0 saturated heterocycles. The molecule has 170 valence electrons. The predicted octanol–water partition coefficient (Wildman–Crippen LogP) is 5.14. The molecule has 8 nitrogen and oxygen atoms in total. The Bertz CT molecular complexity index is 1230. The summed E-state index contributed by atoms with van der Waals surface area (Å²) in [5.41, 5.74) is 1.50. The van der Waals surface area contributed by atoms with Gasteiger partial charge in [0.15, 0.2) is 0 Å². The van der Waals surface area contributed by atoms with Crippen LogP contribution >= 0.6 is 0 Å². The molecule has 1 aromatic heterocycles. The monoisotopic (exact) mass is 457 g/mol. The maximum atomic E-state index is 13.0. The van der Waals surface area contributed by atoms with Crippen molar-refractivity contribution in [3.63, 3.8) is 0 Å². The molecule has 0 spiro atoms. The third-order valence-electron chi connectivity index (χ3n) is 4.95. The molecule has 2 aromatic carbocycles. The molecule has 0 radical (unpaired) electrons. The standard InChI is InChI=1S/C23H27N3O5S/c1-22(2,3)16-7-13-19(14-8-16)32(29,30)31-21-15-20(23(4,5)6)24-25(21)17-9-11-18(12-10-17)26(27)28/h7-15H,1-6H3. The van der Waals surface area contributed by atoms with E-state index in [9.17, 15) is 18.5 Å². The third-order valence-corrected chi connectivity index (χ3v) is 6.19. The van der Waals surface area contributed by atoms with E-state index in [-0.39, 0.29) is 27.3 Å². The number of aromatic nitrogens is 2. The summed E-state index contributed by atoms with van der Waals surface area (Å²) >= 11 is 0. The van der Waals surface area contributed by atoms with Crippen molar-refractivity contribution in [2.45, 2.75) is 57.3 Å². The molecule has 0 aliphatic rings. The maximum Gasteiger partial charge on any atom is 0.340 e. The minimum Gasteiger partial charge on any atom is -0.358 e. The minimum atomic E-state index is -4.13. The number of nitro benzene ring substituents is 1. The van der Waals surface area contributed by atoms with Gasteiger partial charge in [0.25, 0.3) is 5.69 Å². The van der Waals surface area contributed by atoms with Crippen LogP contribution in [0.1, 0.15) is 52.8 Å². The molecule has 0 saturated carbocycles. The Morgan fingerprint density at radius 2 is 1.47 bits per heavy atom. The Hall–Kier alpha value is -3.20. The van der Waals surface area contributed by atoms with E-state index >= 15 is 0 Å². The van der Waals surface area contributed by atoms with E-state index in [2.05, 4.69) is 5.10 Å². The molecule has 1 heterocycles. The largest absolute Gasteiger partial charge is 0.358 e. The van der Waals surface area contributed by atoms with Crippen molar-refractivity contribution >= 4 is 15.8 Å². The summed E-state index contributed by atoms with van der Waals surface area (Å²) in [6, 6.07) is 13.8. The first-order chi connectivity index (χ1) is 14.7. The van der Waals surface area contributed by atoms with Gasteiger partial charge in [0.1, 0.15) is 4.90 Å². The molecule has 0 aliphatic heterocycles. The highest BCUT2D eigenvalue weighted by atomic mass is 32.2. The Balaban J connectivity index is 2.02. The molecule has 0 bridgehead atoms. The zero-order valence-corrected chi connectivity index (χ0v) is 19.8. The van der Waals surface area contributed by atoms with Crippen LogP contribution in [0.4, 0.5) is 5.69 Å². The smallest absolute Gasteiger partial charge is 0.340 e. The van der Waals surface area contributed by atoms with Crippen molar-refractivity contribution in [2.24, 2.45) is 0 Å². The summed E-state index contributed by atoms with van der Waals surface area (Å²) in [7, 11) is -4.13. The molecular formula is C23H27N3O5S. The fourth-order valence-corrected chi connectivity index (χ4v) is 3.88. The van der Waals surface area contributed by atoms with Gasteiger partial charge in [0.05, 0.1) is 16.3 Å². The lowest BCUT2D eigenvalue weighted by Gasteiger charge is -2.19. The van der Waals surface area contributed by atoms with Crippen LogP contribution in [0.5, 0.6) is 5.88 Å². The highest BCUT2D eigenvalue weighted by Crippen LogP contribution is 2.31. The highest BCUT2D eigenvalue weighted by Gasteiger charge is 2.26. The molecule has 0 atom stereocenters. The molecule has 0 fully saturated rings. The van der Waals surface area contributed by atoms with Gasteiger partial charge in [-0.1, -0.05) is 53.7 Å². The highest BCUT2D eigenvalue weighted by molar-refractivity contribution is 7.87. The van der Waals surface area contributed by atoms with Crippen molar-refractivity contribution in [2.75, 3.05) is 0 Å². The fourth-order valence-electron chi connectivity index (χ4n) is 2.97. The van der Waals surface area contributed by atoms with Gasteiger partial charge in [-0.2, -0.15) is 18.2 Å². The molecule has 0 amide bonds. The topological polar surface area (TPSA) is 104 Å². The van der Waals surface area contributed by atoms with E-state index in [1.165, 1.54) is 41.1 Å². The normalized spacial score (nSPS) is 12.6. The van der Waals surface area contributed by atoms with Crippen molar-refractivity contribution in [3.8, 4) is 11.6 Å². The third kappa shape index (κ3) is 4.99. The number of nitrogens with zero attached hydrogens (tertiary/aromatic N) is 3. The van der Waals surface area contributed by atoms with Crippen LogP contribution < -0.4 is 4.18 Å². The Labute approximate surface area is 188 Å². The van der Waals surface area contributed by atoms with E-state index in [4.69, 9.17) is 4.18 Å². The molecule has 0 aliphatic carbocycles. The minimum absolute atomic E-state index is 0.00340. The van der Waals surface area contributed by atoms with Gasteiger partial charge in [-0.3, -0.25) is 10.1 Å². The molecule has 3 rings (SSSR count). The van der Waals surface area contributed by atoms with Crippen molar-refractivity contribution in [1.82, 2.24) is 9.78 Å². The first-order valence-electron chi connectivity index (χ1n) is 10.1. The number of hydrogen-bond acceptors (Lipinski definition) is 6. The summed E-state index contributed by atoms with van der Waals surface area (Å²) < 4.78 is 32.8. The van der Waals surface area contributed by atoms with Crippen molar-refractivity contribution in [3.05, 3.63) is 76.0 Å². The summed E-state index contributed by atoms with van der Waals surface area (Å²) in [5.74, 6) is 0.00340.